The Morgan fingerprint density at radius 2 is 1.76 bits per heavy atom. The van der Waals surface area contributed by atoms with Crippen LogP contribution in [0.5, 0.6) is 11.5 Å². The fraction of sp³-hybridized carbons (Fsp3) is 0.143. The normalized spacial score (nSPS) is 11.8. The van der Waals surface area contributed by atoms with Crippen molar-refractivity contribution in [2.45, 2.75) is 19.8 Å². The average Bonchev–Trinajstić information content (AvgIpc) is 2.73. The van der Waals surface area contributed by atoms with E-state index in [0.717, 1.165) is 34.5 Å². The van der Waals surface area contributed by atoms with Crippen LogP contribution >= 0.6 is 7.82 Å². The molecule has 0 saturated heterocycles. The third-order valence-corrected chi connectivity index (χ3v) is 4.87. The van der Waals surface area contributed by atoms with Crippen molar-refractivity contribution in [1.82, 2.24) is 4.57 Å². The van der Waals surface area contributed by atoms with Crippen LogP contribution in [0.1, 0.15) is 21.5 Å². The first-order valence-corrected chi connectivity index (χ1v) is 11.0. The van der Waals surface area contributed by atoms with Crippen LogP contribution in [0.4, 0.5) is 18.9 Å². The lowest BCUT2D eigenvalue weighted by Crippen LogP contribution is -2.22. The van der Waals surface area contributed by atoms with Crippen LogP contribution in [0.2, 0.25) is 0 Å². The molecule has 0 aliphatic carbocycles. The van der Waals surface area contributed by atoms with Gasteiger partial charge in [0, 0.05) is 18.0 Å². The summed E-state index contributed by atoms with van der Waals surface area (Å²) in [6, 6.07) is 11.2. The number of hydrogen-bond acceptors (Lipinski definition) is 5. The number of phosphoric acid groups is 1. The number of benzene rings is 2. The van der Waals surface area contributed by atoms with Gasteiger partial charge in [-0.25, -0.2) is 4.57 Å². The molecule has 3 aromatic rings. The molecule has 3 N–H and O–H groups in total. The number of alkyl halides is 3. The van der Waals surface area contributed by atoms with Gasteiger partial charge in [-0.05, 0) is 43.3 Å². The molecule has 2 aromatic carbocycles. The Kier molecular flexibility index (Phi) is 7.27. The van der Waals surface area contributed by atoms with Gasteiger partial charge in [0.1, 0.15) is 18.2 Å². The van der Waals surface area contributed by atoms with Crippen LogP contribution in [0.25, 0.3) is 0 Å². The van der Waals surface area contributed by atoms with E-state index in [4.69, 9.17) is 14.5 Å². The lowest BCUT2D eigenvalue weighted by atomic mass is 10.1. The molecule has 0 saturated carbocycles. The number of aryl methyl sites for hydroxylation is 1. The maximum Gasteiger partial charge on any atom is 0.471 e. The minimum Gasteiger partial charge on any atom is -0.457 e. The molecule has 180 valence electrons. The Morgan fingerprint density at radius 1 is 1.09 bits per heavy atom. The number of phosphoric ester groups is 1. The molecule has 9 nitrogen and oxygen atoms in total. The van der Waals surface area contributed by atoms with Gasteiger partial charge in [0.05, 0.1) is 11.1 Å². The molecule has 1 amide bonds. The third-order valence-electron chi connectivity index (χ3n) is 4.42. The van der Waals surface area contributed by atoms with Crippen molar-refractivity contribution >= 4 is 19.4 Å². The van der Waals surface area contributed by atoms with Crippen molar-refractivity contribution in [3.63, 3.8) is 0 Å². The van der Waals surface area contributed by atoms with Crippen LogP contribution < -0.4 is 15.6 Å². The molecule has 0 radical (unpaired) electrons. The molecule has 3 rings (SSSR count). The number of rotatable bonds is 7. The highest BCUT2D eigenvalue weighted by molar-refractivity contribution is 7.46. The highest BCUT2D eigenvalue weighted by Crippen LogP contribution is 2.36. The van der Waals surface area contributed by atoms with E-state index >= 15 is 0 Å². The molecule has 34 heavy (non-hydrogen) atoms. The number of nitrogens with one attached hydrogen (secondary N) is 1. The van der Waals surface area contributed by atoms with Gasteiger partial charge < -0.3 is 19.8 Å². The zero-order chi connectivity index (χ0) is 25.1. The second-order valence-corrected chi connectivity index (χ2v) is 8.29. The standard InChI is InChI=1S/C21H18F3N2O7P/c1-13-2-5-16(6-3-13)33-18-7-4-14(21(22,23)24)10-17(18)20(28)25-15-8-9-26(19(27)11-15)12-32-34(29,30)31/h2-11H,12H2,1H3,(H,25,28)(H2,29,30,31). The molecule has 0 unspecified atom stereocenters. The number of amides is 1. The summed E-state index contributed by atoms with van der Waals surface area (Å²) in [6.07, 6.45) is -3.62. The van der Waals surface area contributed by atoms with Crippen molar-refractivity contribution < 1.29 is 41.6 Å². The maximum atomic E-state index is 13.2. The largest absolute Gasteiger partial charge is 0.471 e. The van der Waals surface area contributed by atoms with Crippen LogP contribution in [0, 0.1) is 6.92 Å². The maximum absolute atomic E-state index is 13.2. The van der Waals surface area contributed by atoms with Crippen LogP contribution in [-0.4, -0.2) is 20.3 Å². The molecule has 0 bridgehead atoms. The number of anilines is 1. The topological polar surface area (TPSA) is 127 Å². The Labute approximate surface area is 190 Å². The fourth-order valence-electron chi connectivity index (χ4n) is 2.73. The highest BCUT2D eigenvalue weighted by atomic mass is 31.2. The molecule has 0 aliphatic rings. The van der Waals surface area contributed by atoms with E-state index in [9.17, 15) is 27.3 Å². The number of aromatic nitrogens is 1. The van der Waals surface area contributed by atoms with Gasteiger partial charge in [0.15, 0.2) is 0 Å². The van der Waals surface area contributed by atoms with Crippen molar-refractivity contribution in [3.05, 3.63) is 87.8 Å². The zero-order valence-corrected chi connectivity index (χ0v) is 18.3. The van der Waals surface area contributed by atoms with Gasteiger partial charge >= 0.3 is 14.0 Å². The lowest BCUT2D eigenvalue weighted by Gasteiger charge is -2.15. The second-order valence-electron chi connectivity index (χ2n) is 7.05. The quantitative estimate of drug-likeness (QED) is 0.415. The van der Waals surface area contributed by atoms with Crippen LogP contribution in [0.15, 0.2) is 65.6 Å². The summed E-state index contributed by atoms with van der Waals surface area (Å²) in [6.45, 7) is 1.09. The van der Waals surface area contributed by atoms with Crippen molar-refractivity contribution in [2.75, 3.05) is 5.32 Å². The Balaban J connectivity index is 1.88. The number of carbonyl (C=O) groups excluding carboxylic acids is 1. The van der Waals surface area contributed by atoms with Gasteiger partial charge in [-0.1, -0.05) is 17.7 Å². The van der Waals surface area contributed by atoms with Crippen molar-refractivity contribution in [2.24, 2.45) is 0 Å². The molecule has 0 fully saturated rings. The monoisotopic (exact) mass is 498 g/mol. The Bertz CT molecular complexity index is 1300. The summed E-state index contributed by atoms with van der Waals surface area (Å²) in [5.74, 6) is -0.818. The SMILES string of the molecule is Cc1ccc(Oc2ccc(C(F)(F)F)cc2C(=O)Nc2ccn(COP(=O)(O)O)c(=O)c2)cc1. The van der Waals surface area contributed by atoms with Gasteiger partial charge in [-0.2, -0.15) is 13.2 Å². The van der Waals surface area contributed by atoms with E-state index in [0.29, 0.717) is 11.8 Å². The van der Waals surface area contributed by atoms with Gasteiger partial charge in [0.25, 0.3) is 11.5 Å². The minimum atomic E-state index is -4.82. The number of halogens is 3. The van der Waals surface area contributed by atoms with Gasteiger partial charge in [0.2, 0.25) is 0 Å². The number of carbonyl (C=O) groups is 1. The number of pyridine rings is 1. The molecular formula is C21H18F3N2O7P. The van der Waals surface area contributed by atoms with E-state index in [-0.39, 0.29) is 11.4 Å². The minimum absolute atomic E-state index is 0.0684. The predicted octanol–water partition coefficient (Wildman–Crippen LogP) is 4.29. The van der Waals surface area contributed by atoms with Crippen molar-refractivity contribution in [1.29, 1.82) is 0 Å². The summed E-state index contributed by atoms with van der Waals surface area (Å²) in [5, 5.41) is 2.32. The summed E-state index contributed by atoms with van der Waals surface area (Å²) in [7, 11) is -4.82. The Hall–Kier alpha value is -3.44. The molecule has 0 aliphatic heterocycles. The molecule has 1 heterocycles. The smallest absolute Gasteiger partial charge is 0.457 e. The molecule has 13 heteroatoms. The summed E-state index contributed by atoms with van der Waals surface area (Å²) < 4.78 is 61.1. The van der Waals surface area contributed by atoms with Crippen molar-refractivity contribution in [3.8, 4) is 11.5 Å². The average molecular weight is 498 g/mol. The van der Waals surface area contributed by atoms with Crippen LogP contribution in [-0.2, 0) is 22.0 Å². The number of ether oxygens (including phenoxy) is 1. The number of nitrogens with zero attached hydrogens (tertiary/aromatic N) is 1. The zero-order valence-electron chi connectivity index (χ0n) is 17.4. The fourth-order valence-corrected chi connectivity index (χ4v) is 3.01. The van der Waals surface area contributed by atoms with E-state index in [1.54, 1.807) is 24.3 Å². The van der Waals surface area contributed by atoms with E-state index < -0.39 is 43.3 Å². The molecular weight excluding hydrogens is 480 g/mol. The third kappa shape index (κ3) is 6.78. The predicted molar refractivity (Wildman–Crippen MR) is 114 cm³/mol. The summed E-state index contributed by atoms with van der Waals surface area (Å²) in [5.41, 5.74) is -1.42. The van der Waals surface area contributed by atoms with E-state index in [2.05, 4.69) is 9.84 Å². The first kappa shape index (κ1) is 25.2. The first-order chi connectivity index (χ1) is 15.8. The lowest BCUT2D eigenvalue weighted by molar-refractivity contribution is -0.137. The first-order valence-electron chi connectivity index (χ1n) is 9.49. The van der Waals surface area contributed by atoms with Gasteiger partial charge in [-0.3, -0.25) is 18.7 Å². The molecule has 0 atom stereocenters. The highest BCUT2D eigenvalue weighted by Gasteiger charge is 2.32. The van der Waals surface area contributed by atoms with E-state index in [1.807, 2.05) is 6.92 Å². The van der Waals surface area contributed by atoms with E-state index in [1.165, 1.54) is 6.07 Å². The Morgan fingerprint density at radius 3 is 2.35 bits per heavy atom. The molecule has 1 aromatic heterocycles. The number of hydrogen-bond donors (Lipinski definition) is 3. The second kappa shape index (κ2) is 9.82. The van der Waals surface area contributed by atoms with Gasteiger partial charge in [-0.15, -0.1) is 0 Å². The summed E-state index contributed by atoms with van der Waals surface area (Å²) in [4.78, 5) is 42.4. The van der Waals surface area contributed by atoms with Crippen LogP contribution in [0.3, 0.4) is 0 Å². The molecule has 0 spiro atoms. The summed E-state index contributed by atoms with van der Waals surface area (Å²) >= 11 is 0.